The average Bonchev–Trinajstić information content (AvgIpc) is 2.76. The van der Waals surface area contributed by atoms with Crippen LogP contribution in [0, 0.1) is 0 Å². The molecule has 0 bridgehead atoms. The molecule has 0 radical (unpaired) electrons. The van der Waals surface area contributed by atoms with E-state index in [1.54, 1.807) is 18.2 Å². The Kier molecular flexibility index (Phi) is 24.6. The van der Waals surface area contributed by atoms with Crippen LogP contribution in [0.15, 0.2) is 80.8 Å². The predicted octanol–water partition coefficient (Wildman–Crippen LogP) is 6.29. The number of aliphatic imine (C=N–C) groups is 1. The Morgan fingerprint density at radius 3 is 2.55 bits per heavy atom. The van der Waals surface area contributed by atoms with Gasteiger partial charge in [-0.2, -0.15) is 12.6 Å². The lowest BCUT2D eigenvalue weighted by Gasteiger charge is -2.17. The molecular weight excluding hydrogens is 515 g/mol. The Hall–Kier alpha value is -1.25. The summed E-state index contributed by atoms with van der Waals surface area (Å²) in [6.45, 7) is 16.0. The summed E-state index contributed by atoms with van der Waals surface area (Å²) < 4.78 is 0. The third-order valence-electron chi connectivity index (χ3n) is 3.54. The van der Waals surface area contributed by atoms with E-state index in [4.69, 9.17) is 28.9 Å². The minimum Gasteiger partial charge on any atom is -0.390 e. The summed E-state index contributed by atoms with van der Waals surface area (Å²) >= 11 is 15.1. The van der Waals surface area contributed by atoms with E-state index in [9.17, 15) is 4.79 Å². The first-order valence-electron chi connectivity index (χ1n) is 9.99. The maximum absolute atomic E-state index is 12.2. The second-order valence-corrected chi connectivity index (χ2v) is 9.74. The maximum Gasteiger partial charge on any atom is 0.231 e. The Balaban J connectivity index is 0. The molecule has 0 fully saturated rings. The molecule has 0 aromatic carbocycles. The van der Waals surface area contributed by atoms with Gasteiger partial charge in [-0.25, -0.2) is 4.99 Å². The lowest BCUT2D eigenvalue weighted by Crippen LogP contribution is -2.37. The third kappa shape index (κ3) is 22.3. The highest BCUT2D eigenvalue weighted by Gasteiger charge is 2.10. The number of hydrogen-bond donors (Lipinski definition) is 4. The molecule has 5 nitrogen and oxygen atoms in total. The summed E-state index contributed by atoms with van der Waals surface area (Å²) in [5, 5.41) is 9.14. The number of thiol groups is 1. The summed E-state index contributed by atoms with van der Waals surface area (Å²) in [7, 11) is 2.79. The van der Waals surface area contributed by atoms with Gasteiger partial charge in [-0.3, -0.25) is 4.79 Å². The van der Waals surface area contributed by atoms with Gasteiger partial charge in [0.2, 0.25) is 5.91 Å². The Labute approximate surface area is 222 Å². The summed E-state index contributed by atoms with van der Waals surface area (Å²) in [5.74, 6) is 0.335. The number of carbonyl (C=O) groups is 1. The number of rotatable bonds is 15. The Morgan fingerprint density at radius 2 is 2.00 bits per heavy atom. The van der Waals surface area contributed by atoms with E-state index in [-0.39, 0.29) is 17.0 Å². The van der Waals surface area contributed by atoms with Crippen molar-refractivity contribution in [2.24, 2.45) is 10.7 Å². The van der Waals surface area contributed by atoms with E-state index in [0.29, 0.717) is 15.8 Å². The van der Waals surface area contributed by atoms with Crippen molar-refractivity contribution < 1.29 is 4.79 Å². The van der Waals surface area contributed by atoms with E-state index in [0.717, 1.165) is 31.5 Å². The topological polar surface area (TPSA) is 79.5 Å². The molecule has 0 rings (SSSR count). The minimum absolute atomic E-state index is 0.000194. The molecule has 0 aliphatic rings. The molecule has 0 spiro atoms. The highest BCUT2D eigenvalue weighted by atomic mass is 35.5. The first-order valence-corrected chi connectivity index (χ1v) is 13.6. The van der Waals surface area contributed by atoms with Crippen LogP contribution < -0.4 is 16.4 Å². The molecule has 0 saturated heterocycles. The van der Waals surface area contributed by atoms with Crippen molar-refractivity contribution in [3.63, 3.8) is 0 Å². The van der Waals surface area contributed by atoms with Gasteiger partial charge >= 0.3 is 0 Å². The fourth-order valence-electron chi connectivity index (χ4n) is 2.01. The van der Waals surface area contributed by atoms with Crippen LogP contribution in [0.25, 0.3) is 0 Å². The molecule has 184 valence electrons. The van der Waals surface area contributed by atoms with Gasteiger partial charge < -0.3 is 16.4 Å². The zero-order valence-electron chi connectivity index (χ0n) is 19.2. The smallest absolute Gasteiger partial charge is 0.231 e. The van der Waals surface area contributed by atoms with Gasteiger partial charge in [-0.1, -0.05) is 84.1 Å². The summed E-state index contributed by atoms with van der Waals surface area (Å²) in [6.07, 6.45) is 9.93. The molecular formula is C23H34Cl2N4OS3. The summed E-state index contributed by atoms with van der Waals surface area (Å²) in [4.78, 5) is 16.2. The molecule has 0 heterocycles. The highest BCUT2D eigenvalue weighted by molar-refractivity contribution is 8.78. The molecule has 10 heteroatoms. The second kappa shape index (κ2) is 23.9. The third-order valence-corrected chi connectivity index (χ3v) is 6.30. The molecule has 0 aromatic rings. The monoisotopic (exact) mass is 548 g/mol. The summed E-state index contributed by atoms with van der Waals surface area (Å²) in [5.41, 5.74) is 9.27. The van der Waals surface area contributed by atoms with E-state index in [2.05, 4.69) is 60.6 Å². The Bertz CT molecular complexity index is 774. The zero-order chi connectivity index (χ0) is 25.5. The van der Waals surface area contributed by atoms with Crippen LogP contribution in [-0.2, 0) is 4.79 Å². The Morgan fingerprint density at radius 1 is 1.33 bits per heavy atom. The van der Waals surface area contributed by atoms with Crippen LogP contribution in [-0.4, -0.2) is 37.1 Å². The normalized spacial score (nSPS) is 12.2. The van der Waals surface area contributed by atoms with Crippen LogP contribution >= 0.6 is 57.4 Å². The van der Waals surface area contributed by atoms with Crippen molar-refractivity contribution in [2.45, 2.75) is 32.7 Å². The van der Waals surface area contributed by atoms with Crippen LogP contribution in [0.5, 0.6) is 0 Å². The number of carbonyl (C=O) groups excluding carboxylic acids is 1. The van der Waals surface area contributed by atoms with Gasteiger partial charge in [-0.05, 0) is 54.7 Å². The zero-order valence-corrected chi connectivity index (χ0v) is 23.2. The van der Waals surface area contributed by atoms with Crippen molar-refractivity contribution >= 4 is 69.7 Å². The van der Waals surface area contributed by atoms with Gasteiger partial charge in [0.25, 0.3) is 0 Å². The van der Waals surface area contributed by atoms with Crippen molar-refractivity contribution in [3.05, 3.63) is 75.8 Å². The number of halogens is 2. The van der Waals surface area contributed by atoms with E-state index in [1.165, 1.54) is 33.3 Å². The van der Waals surface area contributed by atoms with Crippen molar-refractivity contribution in [2.75, 3.05) is 18.8 Å². The molecule has 0 aliphatic heterocycles. The number of hydrogen-bond acceptors (Lipinski definition) is 6. The first-order chi connectivity index (χ1) is 15.7. The van der Waals surface area contributed by atoms with Gasteiger partial charge in [0, 0.05) is 12.6 Å². The van der Waals surface area contributed by atoms with Gasteiger partial charge in [0.05, 0.1) is 17.1 Å². The van der Waals surface area contributed by atoms with Crippen molar-refractivity contribution in [1.82, 2.24) is 10.6 Å². The standard InChI is InChI=1S/C21H30Cl2N4OS2.C2H4S/c1-5-8-21(26-15-24)30-29-14-20(28)27-18(6-2)11-12-25-13-16(3)9-7-10-19(23)17(4)22;1-2-3/h5,7-9,15,18,25H,1,4,6,11-14H2,2-3H3,(H2,24,26)(H,27,28);2-3H,1H2/b16-9+,21-8-;. The van der Waals surface area contributed by atoms with Crippen LogP contribution in [0.2, 0.25) is 0 Å². The molecule has 1 amide bonds. The van der Waals surface area contributed by atoms with Crippen molar-refractivity contribution in [1.29, 1.82) is 0 Å². The lowest BCUT2D eigenvalue weighted by molar-refractivity contribution is -0.119. The minimum atomic E-state index is -0.000194. The SMILES string of the molecule is C=C/C=C(/N=C/N)SSCC(=O)NC(CC)CCNC/C(C)=C/C=C=C(Cl)C(=C)Cl.C=CS. The van der Waals surface area contributed by atoms with E-state index >= 15 is 0 Å². The van der Waals surface area contributed by atoms with Gasteiger partial charge in [-0.15, -0.1) is 0 Å². The number of nitrogens with zero attached hydrogens (tertiary/aromatic N) is 1. The number of nitrogens with two attached hydrogens (primary N) is 1. The highest BCUT2D eigenvalue weighted by Crippen LogP contribution is 2.30. The van der Waals surface area contributed by atoms with E-state index < -0.39 is 0 Å². The molecule has 33 heavy (non-hydrogen) atoms. The lowest BCUT2D eigenvalue weighted by atomic mass is 10.1. The molecule has 1 unspecified atom stereocenters. The molecule has 0 saturated carbocycles. The van der Waals surface area contributed by atoms with Crippen LogP contribution in [0.1, 0.15) is 26.7 Å². The molecule has 0 aromatic heterocycles. The van der Waals surface area contributed by atoms with Gasteiger partial charge in [0.15, 0.2) is 0 Å². The fraction of sp³-hybridized carbons (Fsp3) is 0.348. The summed E-state index contributed by atoms with van der Waals surface area (Å²) in [6, 6.07) is 0.126. The average molecular weight is 550 g/mol. The predicted molar refractivity (Wildman–Crippen MR) is 156 cm³/mol. The first kappa shape index (κ1) is 33.9. The molecule has 0 aliphatic carbocycles. The van der Waals surface area contributed by atoms with Crippen LogP contribution in [0.4, 0.5) is 0 Å². The second-order valence-electron chi connectivity index (χ2n) is 6.23. The largest absolute Gasteiger partial charge is 0.390 e. The fourth-order valence-corrected chi connectivity index (χ4v) is 3.91. The van der Waals surface area contributed by atoms with E-state index in [1.807, 2.05) is 13.0 Å². The van der Waals surface area contributed by atoms with Crippen LogP contribution in [0.3, 0.4) is 0 Å². The quantitative estimate of drug-likeness (QED) is 0.0367. The number of allylic oxidation sites excluding steroid dienone is 5. The van der Waals surface area contributed by atoms with Gasteiger partial charge in [0.1, 0.15) is 10.1 Å². The molecule has 1 atom stereocenters. The molecule has 4 N–H and O–H groups in total. The number of nitrogens with one attached hydrogen (secondary N) is 2. The maximum atomic E-state index is 12.2. The van der Waals surface area contributed by atoms with Crippen molar-refractivity contribution in [3.8, 4) is 0 Å². The number of amides is 1.